The lowest BCUT2D eigenvalue weighted by atomic mass is 10.2. The Balaban J connectivity index is 2.37. The highest BCUT2D eigenvalue weighted by atomic mass is 32.1. The third-order valence-corrected chi connectivity index (χ3v) is 3.86. The van der Waals surface area contributed by atoms with E-state index < -0.39 is 17.8 Å². The second kappa shape index (κ2) is 6.99. The van der Waals surface area contributed by atoms with Gasteiger partial charge in [0.25, 0.3) is 0 Å². The molecular formula is C15H16F3N3OS. The summed E-state index contributed by atoms with van der Waals surface area (Å²) in [7, 11) is 0. The minimum Gasteiger partial charge on any atom is -0.336 e. The van der Waals surface area contributed by atoms with Gasteiger partial charge in [-0.15, -0.1) is 11.3 Å². The molecule has 2 aromatic rings. The number of benzene rings is 1. The molecule has 0 radical (unpaired) electrons. The predicted molar refractivity (Wildman–Crippen MR) is 82.6 cm³/mol. The highest BCUT2D eigenvalue weighted by Crippen LogP contribution is 2.29. The molecule has 2 amide bonds. The van der Waals surface area contributed by atoms with Gasteiger partial charge < -0.3 is 5.32 Å². The summed E-state index contributed by atoms with van der Waals surface area (Å²) in [5.74, 6) is 0. The molecule has 0 fully saturated rings. The van der Waals surface area contributed by atoms with Crippen molar-refractivity contribution in [3.8, 4) is 5.69 Å². The smallest absolute Gasteiger partial charge is 0.336 e. The molecule has 1 aromatic heterocycles. The Bertz CT molecular complexity index is 745. The summed E-state index contributed by atoms with van der Waals surface area (Å²) >= 11 is 1.29. The lowest BCUT2D eigenvalue weighted by Crippen LogP contribution is -2.24. The first-order chi connectivity index (χ1) is 10.8. The molecule has 0 bridgehead atoms. The van der Waals surface area contributed by atoms with Gasteiger partial charge in [0.05, 0.1) is 5.56 Å². The highest BCUT2D eigenvalue weighted by Gasteiger charge is 2.30. The Morgan fingerprint density at radius 2 is 1.96 bits per heavy atom. The molecule has 0 atom stereocenters. The van der Waals surface area contributed by atoms with Crippen LogP contribution in [-0.2, 0) is 6.18 Å². The number of hydrogen-bond donors (Lipinski definition) is 1. The zero-order chi connectivity index (χ0) is 17.0. The van der Waals surface area contributed by atoms with Crippen LogP contribution in [0.25, 0.3) is 5.69 Å². The fraction of sp³-hybridized carbons (Fsp3) is 0.333. The molecule has 0 saturated heterocycles. The van der Waals surface area contributed by atoms with Crippen LogP contribution in [0.2, 0.25) is 0 Å². The van der Waals surface area contributed by atoms with E-state index in [1.807, 2.05) is 13.8 Å². The van der Waals surface area contributed by atoms with Crippen molar-refractivity contribution in [3.05, 3.63) is 45.7 Å². The van der Waals surface area contributed by atoms with E-state index >= 15 is 0 Å². The van der Waals surface area contributed by atoms with Gasteiger partial charge in [-0.3, -0.25) is 4.57 Å². The van der Waals surface area contributed by atoms with Gasteiger partial charge in [-0.25, -0.2) is 4.79 Å². The number of nitrogens with one attached hydrogen (secondary N) is 1. The number of nitrogens with zero attached hydrogens (tertiary/aromatic N) is 2. The van der Waals surface area contributed by atoms with Crippen LogP contribution in [0.15, 0.2) is 35.5 Å². The summed E-state index contributed by atoms with van der Waals surface area (Å²) in [5, 5.41) is 2.64. The Morgan fingerprint density at radius 3 is 2.52 bits per heavy atom. The fourth-order valence-electron chi connectivity index (χ4n) is 1.89. The Morgan fingerprint density at radius 1 is 1.30 bits per heavy atom. The number of rotatable bonds is 3. The molecule has 124 valence electrons. The maximum Gasteiger partial charge on any atom is 0.416 e. The lowest BCUT2D eigenvalue weighted by molar-refractivity contribution is -0.137. The van der Waals surface area contributed by atoms with Crippen LogP contribution in [0, 0.1) is 6.92 Å². The Labute approximate surface area is 135 Å². The van der Waals surface area contributed by atoms with Crippen molar-refractivity contribution in [2.75, 3.05) is 6.54 Å². The number of aryl methyl sites for hydroxylation is 1. The molecule has 2 rings (SSSR count). The van der Waals surface area contributed by atoms with E-state index in [9.17, 15) is 18.0 Å². The van der Waals surface area contributed by atoms with Gasteiger partial charge in [0.2, 0.25) is 0 Å². The van der Waals surface area contributed by atoms with Crippen LogP contribution in [0.1, 0.15) is 23.8 Å². The van der Waals surface area contributed by atoms with Gasteiger partial charge in [-0.1, -0.05) is 6.92 Å². The van der Waals surface area contributed by atoms with Crippen LogP contribution >= 0.6 is 11.3 Å². The largest absolute Gasteiger partial charge is 0.416 e. The number of amides is 2. The van der Waals surface area contributed by atoms with E-state index in [-0.39, 0.29) is 0 Å². The van der Waals surface area contributed by atoms with Crippen LogP contribution in [0.3, 0.4) is 0 Å². The standard InChI is InChI=1S/C15H16F3N3OS/c1-3-8-19-13(22)20-14-21(9-10(2)23-14)12-6-4-11(5-7-12)15(16,17)18/h4-7,9H,3,8H2,1-2H3,(H,19,22). The number of urea groups is 1. The molecule has 0 aliphatic heterocycles. The molecular weight excluding hydrogens is 327 g/mol. The Kier molecular flexibility index (Phi) is 5.25. The van der Waals surface area contributed by atoms with Crippen LogP contribution in [0.4, 0.5) is 18.0 Å². The number of thiazole rings is 1. The molecule has 0 saturated carbocycles. The fourth-order valence-corrected chi connectivity index (χ4v) is 2.72. The third-order valence-electron chi connectivity index (χ3n) is 2.97. The number of aromatic nitrogens is 1. The molecule has 0 aliphatic rings. The third kappa shape index (κ3) is 4.44. The van der Waals surface area contributed by atoms with Gasteiger partial charge in [-0.2, -0.15) is 18.2 Å². The molecule has 8 heteroatoms. The topological polar surface area (TPSA) is 46.4 Å². The van der Waals surface area contributed by atoms with Gasteiger partial charge in [0.1, 0.15) is 0 Å². The molecule has 0 spiro atoms. The zero-order valence-corrected chi connectivity index (χ0v) is 13.5. The minimum atomic E-state index is -4.37. The van der Waals surface area contributed by atoms with Gasteiger partial charge in [0, 0.05) is 23.3 Å². The van der Waals surface area contributed by atoms with E-state index in [4.69, 9.17) is 0 Å². The van der Waals surface area contributed by atoms with Crippen molar-refractivity contribution in [1.82, 2.24) is 9.88 Å². The molecule has 1 heterocycles. The molecule has 1 N–H and O–H groups in total. The van der Waals surface area contributed by atoms with Crippen molar-refractivity contribution in [3.63, 3.8) is 0 Å². The molecule has 23 heavy (non-hydrogen) atoms. The van der Waals surface area contributed by atoms with Gasteiger partial charge in [0.15, 0.2) is 4.80 Å². The van der Waals surface area contributed by atoms with E-state index in [1.54, 1.807) is 10.8 Å². The summed E-state index contributed by atoms with van der Waals surface area (Å²) in [6.45, 7) is 4.29. The predicted octanol–water partition coefficient (Wildman–Crippen LogP) is 3.89. The molecule has 0 aliphatic carbocycles. The van der Waals surface area contributed by atoms with Crippen LogP contribution in [0.5, 0.6) is 0 Å². The summed E-state index contributed by atoms with van der Waals surface area (Å²) in [6, 6.07) is 4.27. The maximum atomic E-state index is 12.6. The van der Waals surface area contributed by atoms with Crippen molar-refractivity contribution in [2.24, 2.45) is 4.99 Å². The summed E-state index contributed by atoms with van der Waals surface area (Å²) < 4.78 is 39.5. The lowest BCUT2D eigenvalue weighted by Gasteiger charge is -2.08. The second-order valence-corrected chi connectivity index (χ2v) is 6.10. The monoisotopic (exact) mass is 343 g/mol. The van der Waals surface area contributed by atoms with Gasteiger partial charge >= 0.3 is 12.2 Å². The quantitative estimate of drug-likeness (QED) is 0.903. The van der Waals surface area contributed by atoms with Crippen LogP contribution in [-0.4, -0.2) is 17.1 Å². The Hall–Kier alpha value is -2.09. The van der Waals surface area contributed by atoms with E-state index in [0.29, 0.717) is 17.0 Å². The van der Waals surface area contributed by atoms with Crippen molar-refractivity contribution in [2.45, 2.75) is 26.4 Å². The number of halogens is 3. The molecule has 4 nitrogen and oxygen atoms in total. The average Bonchev–Trinajstić information content (AvgIpc) is 2.85. The summed E-state index contributed by atoms with van der Waals surface area (Å²) in [4.78, 5) is 17.0. The number of carbonyl (C=O) groups is 1. The van der Waals surface area contributed by atoms with Gasteiger partial charge in [-0.05, 0) is 37.6 Å². The highest BCUT2D eigenvalue weighted by molar-refractivity contribution is 7.09. The first kappa shape index (κ1) is 17.3. The first-order valence-electron chi connectivity index (χ1n) is 7.00. The first-order valence-corrected chi connectivity index (χ1v) is 7.82. The van der Waals surface area contributed by atoms with Crippen molar-refractivity contribution >= 4 is 17.4 Å². The zero-order valence-electron chi connectivity index (χ0n) is 12.6. The number of carbonyl (C=O) groups excluding carboxylic acids is 1. The normalized spacial score (nSPS) is 12.5. The SMILES string of the molecule is CCCNC(=O)N=c1sc(C)cn1-c1ccc(C(F)(F)F)cc1. The number of hydrogen-bond acceptors (Lipinski definition) is 2. The maximum absolute atomic E-state index is 12.6. The van der Waals surface area contributed by atoms with Crippen LogP contribution < -0.4 is 10.1 Å². The van der Waals surface area contributed by atoms with E-state index in [2.05, 4.69) is 10.3 Å². The second-order valence-electron chi connectivity index (χ2n) is 4.88. The average molecular weight is 343 g/mol. The molecule has 0 unspecified atom stereocenters. The summed E-state index contributed by atoms with van der Waals surface area (Å²) in [5.41, 5.74) is -0.197. The molecule has 1 aromatic carbocycles. The number of alkyl halides is 3. The van der Waals surface area contributed by atoms with Crippen molar-refractivity contribution in [1.29, 1.82) is 0 Å². The summed E-state index contributed by atoms with van der Waals surface area (Å²) in [6.07, 6.45) is -1.84. The van der Waals surface area contributed by atoms with E-state index in [0.717, 1.165) is 23.4 Å². The minimum absolute atomic E-state index is 0.413. The van der Waals surface area contributed by atoms with Crippen molar-refractivity contribution < 1.29 is 18.0 Å². The van der Waals surface area contributed by atoms with E-state index in [1.165, 1.54) is 23.5 Å².